The van der Waals surface area contributed by atoms with Gasteiger partial charge in [-0.05, 0) is 50.8 Å². The zero-order chi connectivity index (χ0) is 15.9. The molecule has 5 nitrogen and oxygen atoms in total. The van der Waals surface area contributed by atoms with Crippen molar-refractivity contribution in [2.75, 3.05) is 13.2 Å². The van der Waals surface area contributed by atoms with Crippen molar-refractivity contribution in [3.05, 3.63) is 35.7 Å². The lowest BCUT2D eigenvalue weighted by Crippen LogP contribution is -2.03. The maximum Gasteiger partial charge on any atom is 0.161 e. The van der Waals surface area contributed by atoms with Crippen molar-refractivity contribution >= 4 is 0 Å². The normalized spacial score (nSPS) is 12.2. The lowest BCUT2D eigenvalue weighted by molar-refractivity contribution is 0.287. The van der Waals surface area contributed by atoms with Crippen LogP contribution in [-0.2, 0) is 13.0 Å². The number of aromatic nitrogens is 3. The molecule has 0 saturated heterocycles. The van der Waals surface area contributed by atoms with Crippen LogP contribution < -0.4 is 9.47 Å². The van der Waals surface area contributed by atoms with Crippen molar-refractivity contribution in [3.63, 3.8) is 0 Å². The Bertz CT molecular complexity index is 595. The molecule has 1 heterocycles. The van der Waals surface area contributed by atoms with Crippen LogP contribution in [0.2, 0.25) is 0 Å². The van der Waals surface area contributed by atoms with Crippen molar-refractivity contribution in [1.29, 1.82) is 0 Å². The number of hydrogen-bond donors (Lipinski definition) is 0. The highest BCUT2D eigenvalue weighted by atomic mass is 16.5. The maximum absolute atomic E-state index is 5.70. The van der Waals surface area contributed by atoms with E-state index in [1.165, 1.54) is 5.56 Å². The van der Waals surface area contributed by atoms with E-state index in [0.717, 1.165) is 30.2 Å². The van der Waals surface area contributed by atoms with Crippen LogP contribution in [0.1, 0.15) is 44.9 Å². The molecule has 0 saturated carbocycles. The summed E-state index contributed by atoms with van der Waals surface area (Å²) >= 11 is 0. The Morgan fingerprint density at radius 2 is 1.82 bits per heavy atom. The Hall–Kier alpha value is -2.04. The molecular formula is C17H25N3O2. The van der Waals surface area contributed by atoms with Gasteiger partial charge < -0.3 is 9.47 Å². The second-order valence-corrected chi connectivity index (χ2v) is 5.24. The van der Waals surface area contributed by atoms with E-state index in [2.05, 4.69) is 36.3 Å². The van der Waals surface area contributed by atoms with Gasteiger partial charge in [-0.15, -0.1) is 5.10 Å². The van der Waals surface area contributed by atoms with Gasteiger partial charge >= 0.3 is 0 Å². The molecule has 0 bridgehead atoms. The van der Waals surface area contributed by atoms with Gasteiger partial charge in [-0.25, -0.2) is 0 Å². The van der Waals surface area contributed by atoms with Crippen LogP contribution in [0.4, 0.5) is 0 Å². The highest BCUT2D eigenvalue weighted by molar-refractivity contribution is 5.44. The summed E-state index contributed by atoms with van der Waals surface area (Å²) in [4.78, 5) is 0. The third-order valence-electron chi connectivity index (χ3n) is 3.56. The summed E-state index contributed by atoms with van der Waals surface area (Å²) in [5, 5.41) is 8.30. The van der Waals surface area contributed by atoms with Gasteiger partial charge in [0.05, 0.1) is 18.9 Å². The zero-order valence-electron chi connectivity index (χ0n) is 13.9. The van der Waals surface area contributed by atoms with Gasteiger partial charge in [0.25, 0.3) is 0 Å². The fraction of sp³-hybridized carbons (Fsp3) is 0.529. The van der Waals surface area contributed by atoms with Gasteiger partial charge in [0, 0.05) is 12.7 Å². The summed E-state index contributed by atoms with van der Waals surface area (Å²) in [6.07, 6.45) is 2.87. The van der Waals surface area contributed by atoms with E-state index in [0.29, 0.717) is 19.1 Å². The molecule has 1 aromatic carbocycles. The predicted octanol–water partition coefficient (Wildman–Crippen LogP) is 3.44. The van der Waals surface area contributed by atoms with E-state index in [1.54, 1.807) is 0 Å². The van der Waals surface area contributed by atoms with Gasteiger partial charge in [0.1, 0.15) is 0 Å². The number of rotatable bonds is 8. The zero-order valence-corrected chi connectivity index (χ0v) is 13.9. The van der Waals surface area contributed by atoms with Crippen molar-refractivity contribution in [2.45, 2.75) is 46.6 Å². The van der Waals surface area contributed by atoms with Crippen molar-refractivity contribution in [3.8, 4) is 11.5 Å². The van der Waals surface area contributed by atoms with Crippen molar-refractivity contribution in [2.24, 2.45) is 0 Å². The number of ether oxygens (including phenoxy) is 2. The van der Waals surface area contributed by atoms with E-state index < -0.39 is 0 Å². The molecule has 0 aliphatic rings. The van der Waals surface area contributed by atoms with Crippen LogP contribution in [0.5, 0.6) is 11.5 Å². The Morgan fingerprint density at radius 3 is 2.45 bits per heavy atom. The topological polar surface area (TPSA) is 49.2 Å². The van der Waals surface area contributed by atoms with Crippen molar-refractivity contribution in [1.82, 2.24) is 15.0 Å². The molecule has 0 N–H and O–H groups in total. The molecule has 0 spiro atoms. The fourth-order valence-electron chi connectivity index (χ4n) is 2.39. The Kier molecular flexibility index (Phi) is 5.81. The molecule has 2 rings (SSSR count). The standard InChI is InChI=1S/C17H25N3O2/c1-5-20-12-15(18-19-20)10-13(4)14-8-9-16(21-6-2)17(11-14)22-7-3/h8-9,11-13H,5-7,10H2,1-4H3. The third-order valence-corrected chi connectivity index (χ3v) is 3.56. The van der Waals surface area contributed by atoms with Gasteiger partial charge in [-0.2, -0.15) is 0 Å². The SMILES string of the molecule is CCOc1ccc(C(C)Cc2cn(CC)nn2)cc1OCC. The van der Waals surface area contributed by atoms with Crippen LogP contribution in [0.3, 0.4) is 0 Å². The Morgan fingerprint density at radius 1 is 1.09 bits per heavy atom. The molecule has 0 fully saturated rings. The van der Waals surface area contributed by atoms with Crippen LogP contribution in [0.25, 0.3) is 0 Å². The summed E-state index contributed by atoms with van der Waals surface area (Å²) in [5.74, 6) is 1.96. The van der Waals surface area contributed by atoms with E-state index in [4.69, 9.17) is 9.47 Å². The summed E-state index contributed by atoms with van der Waals surface area (Å²) in [6, 6.07) is 6.16. The van der Waals surface area contributed by atoms with E-state index in [1.807, 2.05) is 30.8 Å². The molecule has 0 aliphatic heterocycles. The summed E-state index contributed by atoms with van der Waals surface area (Å²) < 4.78 is 13.2. The molecule has 120 valence electrons. The molecule has 0 amide bonds. The van der Waals surface area contributed by atoms with E-state index >= 15 is 0 Å². The smallest absolute Gasteiger partial charge is 0.161 e. The quantitative estimate of drug-likeness (QED) is 0.749. The minimum absolute atomic E-state index is 0.344. The first-order valence-electron chi connectivity index (χ1n) is 7.96. The Balaban J connectivity index is 2.14. The molecule has 1 unspecified atom stereocenters. The molecule has 22 heavy (non-hydrogen) atoms. The monoisotopic (exact) mass is 303 g/mol. The predicted molar refractivity (Wildman–Crippen MR) is 86.6 cm³/mol. The minimum atomic E-state index is 0.344. The minimum Gasteiger partial charge on any atom is -0.490 e. The number of nitrogens with zero attached hydrogens (tertiary/aromatic N) is 3. The first-order chi connectivity index (χ1) is 10.7. The van der Waals surface area contributed by atoms with Gasteiger partial charge in [0.2, 0.25) is 0 Å². The second-order valence-electron chi connectivity index (χ2n) is 5.24. The molecule has 0 aliphatic carbocycles. The third kappa shape index (κ3) is 4.00. The highest BCUT2D eigenvalue weighted by Crippen LogP contribution is 2.32. The van der Waals surface area contributed by atoms with Gasteiger partial charge in [0.15, 0.2) is 11.5 Å². The number of benzene rings is 1. The van der Waals surface area contributed by atoms with Crippen LogP contribution in [-0.4, -0.2) is 28.2 Å². The fourth-order valence-corrected chi connectivity index (χ4v) is 2.39. The van der Waals surface area contributed by atoms with Gasteiger partial charge in [-0.1, -0.05) is 18.2 Å². The number of hydrogen-bond acceptors (Lipinski definition) is 4. The molecule has 0 radical (unpaired) electrons. The van der Waals surface area contributed by atoms with Crippen molar-refractivity contribution < 1.29 is 9.47 Å². The second kappa shape index (κ2) is 7.82. The van der Waals surface area contributed by atoms with Crippen LogP contribution in [0.15, 0.2) is 24.4 Å². The summed E-state index contributed by atoms with van der Waals surface area (Å²) in [5.41, 5.74) is 2.24. The summed E-state index contributed by atoms with van der Waals surface area (Å²) in [7, 11) is 0. The molecular weight excluding hydrogens is 278 g/mol. The average Bonchev–Trinajstić information content (AvgIpc) is 2.97. The largest absolute Gasteiger partial charge is 0.490 e. The first-order valence-corrected chi connectivity index (χ1v) is 7.96. The molecule has 1 aromatic heterocycles. The molecule has 5 heteroatoms. The van der Waals surface area contributed by atoms with Crippen LogP contribution >= 0.6 is 0 Å². The molecule has 1 atom stereocenters. The first kappa shape index (κ1) is 16.3. The highest BCUT2D eigenvalue weighted by Gasteiger charge is 2.13. The lowest BCUT2D eigenvalue weighted by Gasteiger charge is -2.15. The maximum atomic E-state index is 5.70. The molecule has 2 aromatic rings. The van der Waals surface area contributed by atoms with E-state index in [-0.39, 0.29) is 0 Å². The van der Waals surface area contributed by atoms with Crippen LogP contribution in [0, 0.1) is 0 Å². The lowest BCUT2D eigenvalue weighted by atomic mass is 9.96. The average molecular weight is 303 g/mol. The van der Waals surface area contributed by atoms with E-state index in [9.17, 15) is 0 Å². The number of aryl methyl sites for hydroxylation is 1. The summed E-state index contributed by atoms with van der Waals surface area (Å²) in [6.45, 7) is 10.3. The van der Waals surface area contributed by atoms with Gasteiger partial charge in [-0.3, -0.25) is 4.68 Å². The Labute approximate surface area is 132 Å².